The maximum atomic E-state index is 11.6. The maximum Gasteiger partial charge on any atom is 0.236 e. The second-order valence-corrected chi connectivity index (χ2v) is 5.16. The van der Waals surface area contributed by atoms with Crippen LogP contribution in [-0.2, 0) is 9.59 Å². The Balaban J connectivity index is 0.000000357. The summed E-state index contributed by atoms with van der Waals surface area (Å²) in [7, 11) is 0. The number of hydrogen-bond donors (Lipinski definition) is 2. The van der Waals surface area contributed by atoms with Gasteiger partial charge < -0.3 is 16.4 Å². The number of nitrogens with two attached hydrogens (primary N) is 2. The summed E-state index contributed by atoms with van der Waals surface area (Å²) in [5.41, 5.74) is 9.91. The lowest BCUT2D eigenvalue weighted by Crippen LogP contribution is -2.51. The molecule has 2 unspecified atom stereocenters. The van der Waals surface area contributed by atoms with Crippen LogP contribution in [0.5, 0.6) is 0 Å². The molecule has 104 valence electrons. The zero-order valence-corrected chi connectivity index (χ0v) is 11.2. The third kappa shape index (κ3) is 4.29. The average Bonchev–Trinajstić information content (AvgIpc) is 2.36. The van der Waals surface area contributed by atoms with Gasteiger partial charge in [-0.2, -0.15) is 0 Å². The van der Waals surface area contributed by atoms with Crippen molar-refractivity contribution in [3.8, 4) is 0 Å². The van der Waals surface area contributed by atoms with Crippen molar-refractivity contribution in [2.24, 2.45) is 17.4 Å². The summed E-state index contributed by atoms with van der Waals surface area (Å²) in [5, 5.41) is 0. The summed E-state index contributed by atoms with van der Waals surface area (Å²) >= 11 is 0. The number of rotatable bonds is 1. The van der Waals surface area contributed by atoms with Gasteiger partial charge in [0.25, 0.3) is 0 Å². The van der Waals surface area contributed by atoms with Crippen LogP contribution in [0, 0.1) is 5.92 Å². The number of likely N-dealkylation sites (tertiary alicyclic amines) is 1. The fourth-order valence-corrected chi connectivity index (χ4v) is 3.05. The van der Waals surface area contributed by atoms with Gasteiger partial charge in [0.2, 0.25) is 11.8 Å². The maximum absolute atomic E-state index is 11.6. The molecule has 1 aliphatic heterocycles. The lowest BCUT2D eigenvalue weighted by Gasteiger charge is -2.44. The third-order valence-corrected chi connectivity index (χ3v) is 3.74. The summed E-state index contributed by atoms with van der Waals surface area (Å²) in [4.78, 5) is 22.9. The van der Waals surface area contributed by atoms with Gasteiger partial charge in [0.05, 0.1) is 6.54 Å². The van der Waals surface area contributed by atoms with Gasteiger partial charge >= 0.3 is 0 Å². The molecule has 5 nitrogen and oxygen atoms in total. The Hall–Kier alpha value is -1.10. The van der Waals surface area contributed by atoms with Gasteiger partial charge in [-0.15, -0.1) is 0 Å². The van der Waals surface area contributed by atoms with Gasteiger partial charge in [-0.3, -0.25) is 9.59 Å². The molecule has 0 aromatic heterocycles. The molecular formula is C13H25N3O2. The molecule has 1 heterocycles. The molecule has 1 saturated heterocycles. The minimum absolute atomic E-state index is 0.154. The van der Waals surface area contributed by atoms with Gasteiger partial charge in [0, 0.05) is 19.5 Å². The van der Waals surface area contributed by atoms with E-state index in [2.05, 4.69) is 5.73 Å². The number of nitrogens with zero attached hydrogens (tertiary/aromatic N) is 1. The number of fused-ring (bicyclic) bond motifs is 1. The summed E-state index contributed by atoms with van der Waals surface area (Å²) < 4.78 is 0. The topological polar surface area (TPSA) is 89.4 Å². The van der Waals surface area contributed by atoms with E-state index in [1.807, 2.05) is 4.90 Å². The molecule has 0 bridgehead atoms. The van der Waals surface area contributed by atoms with Crippen LogP contribution in [0.3, 0.4) is 0 Å². The van der Waals surface area contributed by atoms with Crippen LogP contribution in [0.15, 0.2) is 0 Å². The molecule has 2 rings (SSSR count). The van der Waals surface area contributed by atoms with Gasteiger partial charge in [-0.25, -0.2) is 0 Å². The average molecular weight is 255 g/mol. The molecule has 2 fully saturated rings. The third-order valence-electron chi connectivity index (χ3n) is 3.74. The van der Waals surface area contributed by atoms with Gasteiger partial charge in [0.1, 0.15) is 0 Å². The fraction of sp³-hybridized carbons (Fsp3) is 0.846. The molecule has 18 heavy (non-hydrogen) atoms. The minimum Gasteiger partial charge on any atom is -0.370 e. The van der Waals surface area contributed by atoms with E-state index in [4.69, 9.17) is 5.73 Å². The van der Waals surface area contributed by atoms with Crippen molar-refractivity contribution in [1.82, 2.24) is 4.90 Å². The Morgan fingerprint density at radius 2 is 1.72 bits per heavy atom. The fourth-order valence-electron chi connectivity index (χ4n) is 3.05. The SMILES string of the molecule is CC(N)=O.NCC(=O)N1CCCC2CCCCC21. The Labute approximate surface area is 109 Å². The van der Waals surface area contributed by atoms with Crippen LogP contribution in [0.4, 0.5) is 0 Å². The molecule has 4 N–H and O–H groups in total. The highest BCUT2D eigenvalue weighted by molar-refractivity contribution is 5.78. The van der Waals surface area contributed by atoms with E-state index in [1.165, 1.54) is 45.4 Å². The number of piperidine rings is 1. The second-order valence-electron chi connectivity index (χ2n) is 5.16. The van der Waals surface area contributed by atoms with E-state index in [1.54, 1.807) is 0 Å². The molecule has 0 spiro atoms. The highest BCUT2D eigenvalue weighted by Gasteiger charge is 2.34. The predicted molar refractivity (Wildman–Crippen MR) is 70.6 cm³/mol. The normalized spacial score (nSPS) is 26.7. The highest BCUT2D eigenvalue weighted by Crippen LogP contribution is 2.35. The zero-order valence-electron chi connectivity index (χ0n) is 11.2. The first-order valence-corrected chi connectivity index (χ1v) is 6.81. The Morgan fingerprint density at radius 3 is 2.33 bits per heavy atom. The first kappa shape index (κ1) is 15.0. The number of hydrogen-bond acceptors (Lipinski definition) is 3. The van der Waals surface area contributed by atoms with Crippen molar-refractivity contribution < 1.29 is 9.59 Å². The number of amides is 2. The Morgan fingerprint density at radius 1 is 1.17 bits per heavy atom. The van der Waals surface area contributed by atoms with Crippen LogP contribution in [0.1, 0.15) is 45.4 Å². The first-order chi connectivity index (χ1) is 8.56. The standard InChI is InChI=1S/C11H20N2O.C2H5NO/c12-8-11(14)13-7-3-5-9-4-1-2-6-10(9)13;1-2(3)4/h9-10H,1-8,12H2;1H3,(H2,3,4). The van der Waals surface area contributed by atoms with Crippen LogP contribution < -0.4 is 11.5 Å². The summed E-state index contributed by atoms with van der Waals surface area (Å²) in [5.74, 6) is 0.592. The monoisotopic (exact) mass is 255 g/mol. The van der Waals surface area contributed by atoms with Crippen LogP contribution >= 0.6 is 0 Å². The largest absolute Gasteiger partial charge is 0.370 e. The second kappa shape index (κ2) is 7.36. The van der Waals surface area contributed by atoms with Crippen molar-refractivity contribution in [1.29, 1.82) is 0 Å². The van der Waals surface area contributed by atoms with E-state index >= 15 is 0 Å². The van der Waals surface area contributed by atoms with Gasteiger partial charge in [-0.1, -0.05) is 12.8 Å². The molecule has 0 aromatic carbocycles. The highest BCUT2D eigenvalue weighted by atomic mass is 16.2. The number of primary amides is 1. The number of carbonyl (C=O) groups excluding carboxylic acids is 2. The lowest BCUT2D eigenvalue weighted by molar-refractivity contribution is -0.135. The molecule has 1 aliphatic carbocycles. The molecular weight excluding hydrogens is 230 g/mol. The Bertz CT molecular complexity index is 288. The molecule has 2 amide bonds. The van der Waals surface area contributed by atoms with E-state index in [0.717, 1.165) is 12.5 Å². The molecule has 0 aromatic rings. The summed E-state index contributed by atoms with van der Waals surface area (Å²) in [6, 6.07) is 0.522. The molecule has 5 heteroatoms. The zero-order chi connectivity index (χ0) is 13.5. The van der Waals surface area contributed by atoms with E-state index in [9.17, 15) is 9.59 Å². The van der Waals surface area contributed by atoms with Gasteiger partial charge in [0.15, 0.2) is 0 Å². The van der Waals surface area contributed by atoms with E-state index in [-0.39, 0.29) is 18.4 Å². The van der Waals surface area contributed by atoms with E-state index in [0.29, 0.717) is 6.04 Å². The quantitative estimate of drug-likeness (QED) is 0.719. The van der Waals surface area contributed by atoms with Crippen LogP contribution in [0.2, 0.25) is 0 Å². The van der Waals surface area contributed by atoms with Crippen molar-refractivity contribution in [2.45, 2.75) is 51.5 Å². The van der Waals surface area contributed by atoms with Crippen molar-refractivity contribution >= 4 is 11.8 Å². The van der Waals surface area contributed by atoms with Crippen molar-refractivity contribution in [3.63, 3.8) is 0 Å². The first-order valence-electron chi connectivity index (χ1n) is 6.81. The van der Waals surface area contributed by atoms with Crippen molar-refractivity contribution in [3.05, 3.63) is 0 Å². The van der Waals surface area contributed by atoms with Crippen molar-refractivity contribution in [2.75, 3.05) is 13.1 Å². The lowest BCUT2D eigenvalue weighted by atomic mass is 9.78. The van der Waals surface area contributed by atoms with Crippen LogP contribution in [0.25, 0.3) is 0 Å². The molecule has 0 radical (unpaired) electrons. The summed E-state index contributed by atoms with van der Waals surface area (Å²) in [6.07, 6.45) is 7.66. The molecule has 2 atom stereocenters. The Kier molecular flexibility index (Phi) is 6.12. The summed E-state index contributed by atoms with van der Waals surface area (Å²) in [6.45, 7) is 2.43. The molecule has 1 saturated carbocycles. The number of carbonyl (C=O) groups is 2. The predicted octanol–water partition coefficient (Wildman–Crippen LogP) is 0.618. The minimum atomic E-state index is -0.333. The smallest absolute Gasteiger partial charge is 0.236 e. The molecule has 2 aliphatic rings. The van der Waals surface area contributed by atoms with E-state index < -0.39 is 0 Å². The van der Waals surface area contributed by atoms with Crippen LogP contribution in [-0.4, -0.2) is 35.8 Å². The van der Waals surface area contributed by atoms with Gasteiger partial charge in [-0.05, 0) is 31.6 Å².